The van der Waals surface area contributed by atoms with Gasteiger partial charge in [-0.05, 0) is 4.92 Å². The van der Waals surface area contributed by atoms with Gasteiger partial charge in [0.05, 0.1) is 6.07 Å². The Morgan fingerprint density at radius 3 is 2.78 bits per heavy atom. The second-order valence-electron chi connectivity index (χ2n) is 1.33. The molecule has 0 amide bonds. The summed E-state index contributed by atoms with van der Waals surface area (Å²) >= 11 is 5.26. The van der Waals surface area contributed by atoms with E-state index in [-0.39, 0.29) is 11.0 Å². The third kappa shape index (κ3) is 1.17. The van der Waals surface area contributed by atoms with Gasteiger partial charge in [0.25, 0.3) is 0 Å². The fourth-order valence-corrected chi connectivity index (χ4v) is 0.527. The van der Waals surface area contributed by atoms with Crippen LogP contribution < -0.4 is 0 Å². The Kier molecular flexibility index (Phi) is 1.35. The molecule has 6 heteroatoms. The lowest BCUT2D eigenvalue weighted by molar-refractivity contribution is -0.389. The molecule has 0 aliphatic heterocycles. The smallest absolute Gasteiger partial charge is 0.344 e. The number of aromatic nitrogens is 2. The van der Waals surface area contributed by atoms with E-state index in [0.717, 1.165) is 6.07 Å². The first-order chi connectivity index (χ1) is 4.20. The SMILES string of the molecule is O=[N+]([O-])c1cc(Cl)n[nH]1. The van der Waals surface area contributed by atoms with Gasteiger partial charge < -0.3 is 10.1 Å². The Morgan fingerprint density at radius 1 is 1.89 bits per heavy atom. The highest BCUT2D eigenvalue weighted by molar-refractivity contribution is 6.29. The molecule has 5 nitrogen and oxygen atoms in total. The Labute approximate surface area is 54.8 Å². The molecule has 0 aromatic carbocycles. The summed E-state index contributed by atoms with van der Waals surface area (Å²) in [6.07, 6.45) is 0. The predicted molar refractivity (Wildman–Crippen MR) is 30.3 cm³/mol. The normalized spacial score (nSPS) is 9.44. The summed E-state index contributed by atoms with van der Waals surface area (Å²) < 4.78 is 0. The van der Waals surface area contributed by atoms with Crippen LogP contribution in [-0.2, 0) is 0 Å². The quantitative estimate of drug-likeness (QED) is 0.475. The summed E-state index contributed by atoms with van der Waals surface area (Å²) in [7, 11) is 0. The van der Waals surface area contributed by atoms with E-state index in [4.69, 9.17) is 11.6 Å². The fraction of sp³-hybridized carbons (Fsp3) is 0. The molecule has 48 valence electrons. The van der Waals surface area contributed by atoms with Crippen LogP contribution in [0.1, 0.15) is 0 Å². The maximum atomic E-state index is 9.89. The number of H-pyrrole nitrogens is 1. The third-order valence-corrected chi connectivity index (χ3v) is 0.923. The number of hydrogen-bond acceptors (Lipinski definition) is 3. The van der Waals surface area contributed by atoms with E-state index >= 15 is 0 Å². The van der Waals surface area contributed by atoms with Gasteiger partial charge in [-0.1, -0.05) is 16.7 Å². The van der Waals surface area contributed by atoms with E-state index in [9.17, 15) is 10.1 Å². The summed E-state index contributed by atoms with van der Waals surface area (Å²) in [6, 6.07) is 1.14. The maximum Gasteiger partial charge on any atom is 0.344 e. The first-order valence-electron chi connectivity index (χ1n) is 2.05. The zero-order chi connectivity index (χ0) is 6.85. The van der Waals surface area contributed by atoms with Crippen molar-refractivity contribution in [2.45, 2.75) is 0 Å². The molecule has 0 bridgehead atoms. The Bertz CT molecular complexity index is 233. The second kappa shape index (κ2) is 2.02. The predicted octanol–water partition coefficient (Wildman–Crippen LogP) is 0.971. The number of nitrogens with one attached hydrogen (secondary N) is 1. The molecular weight excluding hydrogens is 146 g/mol. The molecule has 0 radical (unpaired) electrons. The third-order valence-electron chi connectivity index (χ3n) is 0.730. The second-order valence-corrected chi connectivity index (χ2v) is 1.72. The highest BCUT2D eigenvalue weighted by Gasteiger charge is 2.05. The van der Waals surface area contributed by atoms with Crippen molar-refractivity contribution in [3.05, 3.63) is 21.3 Å². The van der Waals surface area contributed by atoms with Gasteiger partial charge in [0, 0.05) is 0 Å². The molecule has 1 aromatic heterocycles. The van der Waals surface area contributed by atoms with Gasteiger partial charge in [0.15, 0.2) is 5.15 Å². The molecule has 0 unspecified atom stereocenters. The molecule has 0 aliphatic carbocycles. The molecule has 1 rings (SSSR count). The van der Waals surface area contributed by atoms with Gasteiger partial charge in [-0.3, -0.25) is 0 Å². The molecule has 0 saturated carbocycles. The average Bonchev–Trinajstić information content (AvgIpc) is 2.14. The van der Waals surface area contributed by atoms with Gasteiger partial charge in [0.1, 0.15) is 0 Å². The minimum atomic E-state index is -0.598. The molecule has 0 spiro atoms. The highest BCUT2D eigenvalue weighted by Crippen LogP contribution is 2.11. The molecule has 1 aromatic rings. The average molecular weight is 148 g/mol. The van der Waals surface area contributed by atoms with Gasteiger partial charge in [-0.25, -0.2) is 0 Å². The number of aromatic amines is 1. The van der Waals surface area contributed by atoms with E-state index in [1.165, 1.54) is 0 Å². The Balaban J connectivity index is 2.98. The van der Waals surface area contributed by atoms with Crippen LogP contribution >= 0.6 is 11.6 Å². The summed E-state index contributed by atoms with van der Waals surface area (Å²) in [4.78, 5) is 9.29. The molecule has 1 heterocycles. The molecule has 1 N–H and O–H groups in total. The number of nitrogens with zero attached hydrogens (tertiary/aromatic N) is 2. The molecule has 9 heavy (non-hydrogen) atoms. The lowest BCUT2D eigenvalue weighted by atomic mass is 10.7. The van der Waals surface area contributed by atoms with Crippen molar-refractivity contribution in [3.8, 4) is 0 Å². The lowest BCUT2D eigenvalue weighted by Gasteiger charge is -1.82. The Hall–Kier alpha value is -1.10. The van der Waals surface area contributed by atoms with Crippen molar-refractivity contribution < 1.29 is 4.92 Å². The molecule has 0 aliphatic rings. The van der Waals surface area contributed by atoms with Crippen molar-refractivity contribution in [2.75, 3.05) is 0 Å². The van der Waals surface area contributed by atoms with Crippen LogP contribution in [0.3, 0.4) is 0 Å². The topological polar surface area (TPSA) is 71.8 Å². The van der Waals surface area contributed by atoms with Gasteiger partial charge in [0.2, 0.25) is 0 Å². The first kappa shape index (κ1) is 6.03. The van der Waals surface area contributed by atoms with Gasteiger partial charge >= 0.3 is 5.82 Å². The van der Waals surface area contributed by atoms with E-state index in [1.807, 2.05) is 0 Å². The standard InChI is InChI=1S/C3H2ClN3O2/c4-2-1-3(6-5-2)7(8)9/h1H,(H,5,6). The lowest BCUT2D eigenvalue weighted by Crippen LogP contribution is -1.86. The summed E-state index contributed by atoms with van der Waals surface area (Å²) in [5, 5.41) is 15.4. The van der Waals surface area contributed by atoms with Crippen LogP contribution in [0, 0.1) is 10.1 Å². The largest absolute Gasteiger partial charge is 0.358 e. The summed E-state index contributed by atoms with van der Waals surface area (Å²) in [5.74, 6) is -0.194. The van der Waals surface area contributed by atoms with Crippen LogP contribution in [-0.4, -0.2) is 15.1 Å². The monoisotopic (exact) mass is 147 g/mol. The van der Waals surface area contributed by atoms with E-state index in [2.05, 4.69) is 10.2 Å². The van der Waals surface area contributed by atoms with Crippen molar-refractivity contribution in [1.82, 2.24) is 10.2 Å². The van der Waals surface area contributed by atoms with Crippen molar-refractivity contribution in [3.63, 3.8) is 0 Å². The van der Waals surface area contributed by atoms with Gasteiger partial charge in [-0.15, -0.1) is 5.10 Å². The van der Waals surface area contributed by atoms with Crippen LogP contribution in [0.25, 0.3) is 0 Å². The zero-order valence-corrected chi connectivity index (χ0v) is 4.92. The van der Waals surface area contributed by atoms with Crippen molar-refractivity contribution in [2.24, 2.45) is 0 Å². The summed E-state index contributed by atoms with van der Waals surface area (Å²) in [6.45, 7) is 0. The maximum absolute atomic E-state index is 9.89. The number of nitro groups is 1. The number of halogens is 1. The van der Waals surface area contributed by atoms with Crippen LogP contribution in [0.4, 0.5) is 5.82 Å². The highest BCUT2D eigenvalue weighted by atomic mass is 35.5. The number of hydrogen-bond donors (Lipinski definition) is 1. The molecular formula is C3H2ClN3O2. The van der Waals surface area contributed by atoms with Crippen molar-refractivity contribution >= 4 is 17.4 Å². The van der Waals surface area contributed by atoms with Crippen molar-refractivity contribution in [1.29, 1.82) is 0 Å². The molecule has 0 atom stereocenters. The number of rotatable bonds is 1. The van der Waals surface area contributed by atoms with E-state index in [0.29, 0.717) is 0 Å². The minimum Gasteiger partial charge on any atom is -0.358 e. The van der Waals surface area contributed by atoms with Gasteiger partial charge in [-0.2, -0.15) is 0 Å². The van der Waals surface area contributed by atoms with E-state index in [1.54, 1.807) is 0 Å². The van der Waals surface area contributed by atoms with Crippen LogP contribution in [0.15, 0.2) is 6.07 Å². The zero-order valence-electron chi connectivity index (χ0n) is 4.17. The minimum absolute atomic E-state index is 0.0988. The Morgan fingerprint density at radius 2 is 2.56 bits per heavy atom. The van der Waals surface area contributed by atoms with Crippen LogP contribution in [0.2, 0.25) is 5.15 Å². The van der Waals surface area contributed by atoms with Crippen LogP contribution in [0.5, 0.6) is 0 Å². The molecule has 0 fully saturated rings. The summed E-state index contributed by atoms with van der Waals surface area (Å²) in [5.41, 5.74) is 0. The molecule has 0 saturated heterocycles. The van der Waals surface area contributed by atoms with E-state index < -0.39 is 4.92 Å². The fourth-order valence-electron chi connectivity index (χ4n) is 0.382. The first-order valence-corrected chi connectivity index (χ1v) is 2.43.